The molecule has 0 radical (unpaired) electrons. The van der Waals surface area contributed by atoms with Crippen molar-refractivity contribution in [3.05, 3.63) is 30.3 Å². The highest BCUT2D eigenvalue weighted by Gasteiger charge is 2.31. The van der Waals surface area contributed by atoms with E-state index in [0.29, 0.717) is 5.75 Å². The number of esters is 2. The number of hydrogen-bond acceptors (Lipinski definition) is 4. The summed E-state index contributed by atoms with van der Waals surface area (Å²) in [4.78, 5) is 22.3. The highest BCUT2D eigenvalue weighted by Crippen LogP contribution is 2.18. The van der Waals surface area contributed by atoms with Crippen molar-refractivity contribution < 1.29 is 19.1 Å². The minimum absolute atomic E-state index is 0.117. The van der Waals surface area contributed by atoms with Gasteiger partial charge in [-0.3, -0.25) is 9.59 Å². The molecule has 1 heterocycles. The normalized spacial score (nSPS) is 19.7. The van der Waals surface area contributed by atoms with Gasteiger partial charge in [0.05, 0.1) is 6.42 Å². The van der Waals surface area contributed by atoms with E-state index < -0.39 is 11.9 Å². The minimum atomic E-state index is -0.460. The Morgan fingerprint density at radius 3 is 2.67 bits per heavy atom. The number of cyclic esters (lactones) is 1. The number of rotatable bonds is 2. The summed E-state index contributed by atoms with van der Waals surface area (Å²) in [7, 11) is 0. The maximum absolute atomic E-state index is 11.5. The fraction of sp³-hybridized carbons (Fsp3) is 0.273. The summed E-state index contributed by atoms with van der Waals surface area (Å²) in [5.74, 6) is -0.725. The van der Waals surface area contributed by atoms with Crippen molar-refractivity contribution in [3.63, 3.8) is 0 Å². The van der Waals surface area contributed by atoms with Gasteiger partial charge in [-0.1, -0.05) is 18.2 Å². The summed E-state index contributed by atoms with van der Waals surface area (Å²) in [5, 5.41) is 0. The van der Waals surface area contributed by atoms with Crippen molar-refractivity contribution in [2.45, 2.75) is 6.42 Å². The Kier molecular flexibility index (Phi) is 2.67. The fourth-order valence-corrected chi connectivity index (χ4v) is 1.35. The molecule has 1 unspecified atom stereocenters. The first-order chi connectivity index (χ1) is 7.25. The number of carbonyl (C=O) groups excluding carboxylic acids is 2. The van der Waals surface area contributed by atoms with Crippen LogP contribution in [0, 0.1) is 5.92 Å². The molecule has 1 aromatic rings. The Morgan fingerprint density at radius 1 is 1.33 bits per heavy atom. The SMILES string of the molecule is O=C1CC(C(=O)Oc2ccccc2)CO1. The van der Waals surface area contributed by atoms with Crippen molar-refractivity contribution in [1.82, 2.24) is 0 Å². The molecule has 2 rings (SSSR count). The van der Waals surface area contributed by atoms with E-state index in [0.717, 1.165) is 0 Å². The Bertz CT molecular complexity index is 371. The fourth-order valence-electron chi connectivity index (χ4n) is 1.35. The summed E-state index contributed by atoms with van der Waals surface area (Å²) < 4.78 is 9.76. The number of hydrogen-bond donors (Lipinski definition) is 0. The van der Waals surface area contributed by atoms with Gasteiger partial charge in [-0.05, 0) is 12.1 Å². The lowest BCUT2D eigenvalue weighted by Gasteiger charge is -2.06. The average Bonchev–Trinajstić information content (AvgIpc) is 2.66. The van der Waals surface area contributed by atoms with E-state index in [4.69, 9.17) is 4.74 Å². The molecule has 4 heteroatoms. The van der Waals surface area contributed by atoms with Gasteiger partial charge >= 0.3 is 11.9 Å². The van der Waals surface area contributed by atoms with Crippen LogP contribution in [-0.2, 0) is 14.3 Å². The van der Waals surface area contributed by atoms with E-state index in [9.17, 15) is 9.59 Å². The Labute approximate surface area is 86.8 Å². The molecule has 1 aliphatic heterocycles. The van der Waals surface area contributed by atoms with Crippen LogP contribution in [0.3, 0.4) is 0 Å². The van der Waals surface area contributed by atoms with Crippen LogP contribution in [0.1, 0.15) is 6.42 Å². The summed E-state index contributed by atoms with van der Waals surface area (Å²) in [6, 6.07) is 8.77. The molecule has 0 aromatic heterocycles. The van der Waals surface area contributed by atoms with Gasteiger partial charge in [0.25, 0.3) is 0 Å². The van der Waals surface area contributed by atoms with Gasteiger partial charge in [-0.15, -0.1) is 0 Å². The zero-order valence-electron chi connectivity index (χ0n) is 8.01. The summed E-state index contributed by atoms with van der Waals surface area (Å²) in [5.41, 5.74) is 0. The van der Waals surface area contributed by atoms with Gasteiger partial charge in [-0.25, -0.2) is 0 Å². The molecule has 1 saturated heterocycles. The van der Waals surface area contributed by atoms with Crippen LogP contribution in [0.25, 0.3) is 0 Å². The van der Waals surface area contributed by atoms with Gasteiger partial charge in [0.1, 0.15) is 18.3 Å². The predicted molar refractivity (Wildman–Crippen MR) is 51.1 cm³/mol. The molecule has 0 aliphatic carbocycles. The lowest BCUT2D eigenvalue weighted by atomic mass is 10.1. The van der Waals surface area contributed by atoms with E-state index in [2.05, 4.69) is 4.74 Å². The monoisotopic (exact) mass is 206 g/mol. The maximum Gasteiger partial charge on any atom is 0.318 e. The molecule has 78 valence electrons. The molecule has 1 atom stereocenters. The van der Waals surface area contributed by atoms with Gasteiger partial charge in [0.2, 0.25) is 0 Å². The third-order valence-electron chi connectivity index (χ3n) is 2.15. The van der Waals surface area contributed by atoms with Crippen LogP contribution in [-0.4, -0.2) is 18.5 Å². The summed E-state index contributed by atoms with van der Waals surface area (Å²) in [6.07, 6.45) is 0.117. The first-order valence-electron chi connectivity index (χ1n) is 4.68. The third kappa shape index (κ3) is 2.34. The third-order valence-corrected chi connectivity index (χ3v) is 2.15. The second-order valence-corrected chi connectivity index (χ2v) is 3.32. The maximum atomic E-state index is 11.5. The quantitative estimate of drug-likeness (QED) is 0.538. The largest absolute Gasteiger partial charge is 0.465 e. The van der Waals surface area contributed by atoms with E-state index in [1.165, 1.54) is 0 Å². The standard InChI is InChI=1S/C11H10O4/c12-10-6-8(7-14-10)11(13)15-9-4-2-1-3-5-9/h1-5,8H,6-7H2. The number of benzene rings is 1. The summed E-state index contributed by atoms with van der Waals surface area (Å²) in [6.45, 7) is 0.129. The molecule has 1 fully saturated rings. The molecule has 0 saturated carbocycles. The first kappa shape index (κ1) is 9.71. The lowest BCUT2D eigenvalue weighted by Crippen LogP contribution is -2.20. The van der Waals surface area contributed by atoms with Crippen molar-refractivity contribution in [3.8, 4) is 5.75 Å². The van der Waals surface area contributed by atoms with Crippen LogP contribution in [0.5, 0.6) is 5.75 Å². The molecule has 15 heavy (non-hydrogen) atoms. The van der Waals surface area contributed by atoms with Crippen LogP contribution < -0.4 is 4.74 Å². The first-order valence-corrected chi connectivity index (χ1v) is 4.68. The zero-order chi connectivity index (χ0) is 10.7. The molecule has 0 bridgehead atoms. The van der Waals surface area contributed by atoms with E-state index in [1.807, 2.05) is 6.07 Å². The molecule has 4 nitrogen and oxygen atoms in total. The molecule has 0 amide bonds. The van der Waals surface area contributed by atoms with Gasteiger partial charge < -0.3 is 9.47 Å². The van der Waals surface area contributed by atoms with Gasteiger partial charge in [0.15, 0.2) is 0 Å². The zero-order valence-corrected chi connectivity index (χ0v) is 8.01. The second-order valence-electron chi connectivity index (χ2n) is 3.32. The Hall–Kier alpha value is -1.84. The van der Waals surface area contributed by atoms with Crippen molar-refractivity contribution in [2.75, 3.05) is 6.61 Å². The lowest BCUT2D eigenvalue weighted by molar-refractivity contribution is -0.139. The molecule has 0 N–H and O–H groups in total. The van der Waals surface area contributed by atoms with Crippen molar-refractivity contribution >= 4 is 11.9 Å². The van der Waals surface area contributed by atoms with Gasteiger partial charge in [0, 0.05) is 0 Å². The van der Waals surface area contributed by atoms with Crippen LogP contribution in [0.15, 0.2) is 30.3 Å². The molecular weight excluding hydrogens is 196 g/mol. The van der Waals surface area contributed by atoms with Crippen molar-refractivity contribution in [1.29, 1.82) is 0 Å². The van der Waals surface area contributed by atoms with E-state index in [1.54, 1.807) is 24.3 Å². The summed E-state index contributed by atoms with van der Waals surface area (Å²) >= 11 is 0. The van der Waals surface area contributed by atoms with Crippen LogP contribution in [0.4, 0.5) is 0 Å². The van der Waals surface area contributed by atoms with Crippen LogP contribution in [0.2, 0.25) is 0 Å². The highest BCUT2D eigenvalue weighted by molar-refractivity contribution is 5.83. The number of carbonyl (C=O) groups is 2. The Morgan fingerprint density at radius 2 is 2.07 bits per heavy atom. The number of ether oxygens (including phenoxy) is 2. The minimum Gasteiger partial charge on any atom is -0.465 e. The topological polar surface area (TPSA) is 52.6 Å². The highest BCUT2D eigenvalue weighted by atomic mass is 16.6. The second kappa shape index (κ2) is 4.13. The predicted octanol–water partition coefficient (Wildman–Crippen LogP) is 1.16. The smallest absolute Gasteiger partial charge is 0.318 e. The Balaban J connectivity index is 1.96. The van der Waals surface area contributed by atoms with Crippen molar-refractivity contribution in [2.24, 2.45) is 5.92 Å². The molecular formula is C11H10O4. The van der Waals surface area contributed by atoms with E-state index >= 15 is 0 Å². The van der Waals surface area contributed by atoms with E-state index in [-0.39, 0.29) is 19.0 Å². The molecule has 0 spiro atoms. The van der Waals surface area contributed by atoms with Crippen LogP contribution >= 0.6 is 0 Å². The van der Waals surface area contributed by atoms with Gasteiger partial charge in [-0.2, -0.15) is 0 Å². The molecule has 1 aliphatic rings. The molecule has 1 aromatic carbocycles. The average molecular weight is 206 g/mol. The number of para-hydroxylation sites is 1.